The number of carbonyl (C=O) groups excluding carboxylic acids is 1. The van der Waals surface area contributed by atoms with Crippen LogP contribution in [0.4, 0.5) is 0 Å². The number of hydrogen-bond acceptors (Lipinski definition) is 4. The molecular weight excluding hydrogens is 160 g/mol. The maximum Gasteiger partial charge on any atom is 0.337 e. The highest BCUT2D eigenvalue weighted by atomic mass is 16.7. The molecule has 4 nitrogen and oxygen atoms in total. The number of rotatable bonds is 1. The summed E-state index contributed by atoms with van der Waals surface area (Å²) in [5.74, 6) is -1.21. The molecule has 0 aromatic heterocycles. The Labute approximate surface area is 70.8 Å². The van der Waals surface area contributed by atoms with Gasteiger partial charge in [0, 0.05) is 13.8 Å². The van der Waals surface area contributed by atoms with Crippen LogP contribution >= 0.6 is 0 Å². The lowest BCUT2D eigenvalue weighted by Crippen LogP contribution is -2.36. The Balaban J connectivity index is 2.84. The van der Waals surface area contributed by atoms with Gasteiger partial charge in [-0.25, -0.2) is 4.79 Å². The summed E-state index contributed by atoms with van der Waals surface area (Å²) in [5, 5.41) is 9.13. The van der Waals surface area contributed by atoms with Gasteiger partial charge in [-0.3, -0.25) is 0 Å². The Morgan fingerprint density at radius 3 is 2.50 bits per heavy atom. The molecule has 0 spiro atoms. The minimum atomic E-state index is -0.974. The molecule has 0 fully saturated rings. The number of carbonyl (C=O) groups is 1. The molecule has 0 saturated carbocycles. The monoisotopic (exact) mass is 172 g/mol. The Morgan fingerprint density at radius 1 is 1.50 bits per heavy atom. The fourth-order valence-corrected chi connectivity index (χ4v) is 0.928. The van der Waals surface area contributed by atoms with Gasteiger partial charge in [-0.05, 0) is 6.92 Å². The molecule has 68 valence electrons. The summed E-state index contributed by atoms with van der Waals surface area (Å²) in [6, 6.07) is 0. The Bertz CT molecular complexity index is 227. The molecule has 1 aliphatic rings. The average molecular weight is 172 g/mol. The van der Waals surface area contributed by atoms with Crippen molar-refractivity contribution >= 4 is 5.97 Å². The maximum absolute atomic E-state index is 10.9. The lowest BCUT2D eigenvalue weighted by Gasteiger charge is -2.31. The molecule has 0 bridgehead atoms. The zero-order valence-electron chi connectivity index (χ0n) is 7.33. The zero-order valence-corrected chi connectivity index (χ0v) is 7.33. The molecule has 4 heteroatoms. The normalized spacial score (nSPS) is 23.7. The van der Waals surface area contributed by atoms with Gasteiger partial charge in [-0.1, -0.05) is 0 Å². The lowest BCUT2D eigenvalue weighted by molar-refractivity contribution is -0.210. The van der Waals surface area contributed by atoms with Crippen molar-refractivity contribution in [3.05, 3.63) is 11.8 Å². The van der Waals surface area contributed by atoms with E-state index in [1.54, 1.807) is 13.8 Å². The third-order valence-electron chi connectivity index (χ3n) is 1.38. The number of hydrogen-bond donors (Lipinski definition) is 1. The molecule has 1 unspecified atom stereocenters. The van der Waals surface area contributed by atoms with Crippen molar-refractivity contribution in [2.45, 2.75) is 32.7 Å². The largest absolute Gasteiger partial charge is 0.454 e. The Kier molecular flexibility index (Phi) is 2.10. The van der Waals surface area contributed by atoms with E-state index in [4.69, 9.17) is 14.6 Å². The van der Waals surface area contributed by atoms with E-state index in [-0.39, 0.29) is 5.76 Å². The molecule has 1 rings (SSSR count). The topological polar surface area (TPSA) is 55.8 Å². The molecule has 0 saturated heterocycles. The SMILES string of the molecule is CC(O)C1=CC(=O)OC(C)(C)O1. The van der Waals surface area contributed by atoms with Crippen LogP contribution in [0.1, 0.15) is 20.8 Å². The standard InChI is InChI=1S/C8H12O4/c1-5(9)6-4-7(10)12-8(2,3)11-6/h4-5,9H,1-3H3. The third kappa shape index (κ3) is 1.98. The molecule has 0 aliphatic carbocycles. The summed E-state index contributed by atoms with van der Waals surface area (Å²) in [6.07, 6.45) is 0.368. The van der Waals surface area contributed by atoms with E-state index in [1.807, 2.05) is 0 Å². The first-order valence-corrected chi connectivity index (χ1v) is 3.72. The van der Waals surface area contributed by atoms with Crippen LogP contribution in [0.5, 0.6) is 0 Å². The Hall–Kier alpha value is -1.03. The van der Waals surface area contributed by atoms with Gasteiger partial charge in [-0.15, -0.1) is 0 Å². The van der Waals surface area contributed by atoms with Crippen LogP contribution in [0.3, 0.4) is 0 Å². The zero-order chi connectivity index (χ0) is 9.35. The van der Waals surface area contributed by atoms with Crippen molar-refractivity contribution in [3.63, 3.8) is 0 Å². The molecule has 1 aliphatic heterocycles. The number of esters is 1. The van der Waals surface area contributed by atoms with Gasteiger partial charge >= 0.3 is 5.97 Å². The molecule has 0 amide bonds. The van der Waals surface area contributed by atoms with Gasteiger partial charge in [0.05, 0.1) is 6.08 Å². The second-order valence-corrected chi connectivity index (χ2v) is 3.15. The van der Waals surface area contributed by atoms with Crippen LogP contribution < -0.4 is 0 Å². The summed E-state index contributed by atoms with van der Waals surface area (Å²) in [5.41, 5.74) is 0. The smallest absolute Gasteiger partial charge is 0.337 e. The summed E-state index contributed by atoms with van der Waals surface area (Å²) < 4.78 is 9.98. The molecular formula is C8H12O4. The second kappa shape index (κ2) is 2.79. The predicted octanol–water partition coefficient (Wildman–Crippen LogP) is 0.561. The predicted molar refractivity (Wildman–Crippen MR) is 41.0 cm³/mol. The van der Waals surface area contributed by atoms with Crippen LogP contribution in [-0.4, -0.2) is 23.0 Å². The van der Waals surface area contributed by atoms with Crippen LogP contribution in [-0.2, 0) is 14.3 Å². The number of aliphatic hydroxyl groups excluding tert-OH is 1. The first-order valence-electron chi connectivity index (χ1n) is 3.72. The molecule has 1 atom stereocenters. The van der Waals surface area contributed by atoms with Gasteiger partial charge in [0.25, 0.3) is 0 Å². The van der Waals surface area contributed by atoms with Crippen molar-refractivity contribution in [3.8, 4) is 0 Å². The average Bonchev–Trinajstić information content (AvgIpc) is 1.82. The number of cyclic esters (lactones) is 1. The summed E-state index contributed by atoms with van der Waals surface area (Å²) >= 11 is 0. The van der Waals surface area contributed by atoms with Crippen molar-refractivity contribution in [2.24, 2.45) is 0 Å². The van der Waals surface area contributed by atoms with E-state index in [0.717, 1.165) is 6.08 Å². The highest BCUT2D eigenvalue weighted by molar-refractivity contribution is 5.83. The molecule has 12 heavy (non-hydrogen) atoms. The van der Waals surface area contributed by atoms with E-state index in [2.05, 4.69) is 0 Å². The van der Waals surface area contributed by atoms with Gasteiger partial charge < -0.3 is 14.6 Å². The van der Waals surface area contributed by atoms with Gasteiger partial charge in [-0.2, -0.15) is 0 Å². The van der Waals surface area contributed by atoms with Crippen molar-refractivity contribution in [2.75, 3.05) is 0 Å². The molecule has 1 N–H and O–H groups in total. The highest BCUT2D eigenvalue weighted by Crippen LogP contribution is 2.23. The fraction of sp³-hybridized carbons (Fsp3) is 0.625. The number of aliphatic hydroxyl groups is 1. The molecule has 0 aromatic carbocycles. The van der Waals surface area contributed by atoms with Crippen LogP contribution in [0.25, 0.3) is 0 Å². The van der Waals surface area contributed by atoms with E-state index in [9.17, 15) is 4.79 Å². The van der Waals surface area contributed by atoms with Crippen molar-refractivity contribution < 1.29 is 19.4 Å². The highest BCUT2D eigenvalue weighted by Gasteiger charge is 2.31. The quantitative estimate of drug-likeness (QED) is 0.587. The van der Waals surface area contributed by atoms with E-state index >= 15 is 0 Å². The van der Waals surface area contributed by atoms with Crippen molar-refractivity contribution in [1.29, 1.82) is 0 Å². The molecule has 1 heterocycles. The van der Waals surface area contributed by atoms with E-state index in [0.29, 0.717) is 0 Å². The number of ether oxygens (including phenoxy) is 2. The van der Waals surface area contributed by atoms with Crippen LogP contribution in [0.2, 0.25) is 0 Å². The van der Waals surface area contributed by atoms with E-state index in [1.165, 1.54) is 6.92 Å². The first kappa shape index (κ1) is 9.06. The first-order chi connectivity index (χ1) is 5.41. The molecule has 0 radical (unpaired) electrons. The maximum atomic E-state index is 10.9. The van der Waals surface area contributed by atoms with Gasteiger partial charge in [0.2, 0.25) is 5.79 Å². The van der Waals surface area contributed by atoms with Crippen LogP contribution in [0, 0.1) is 0 Å². The summed E-state index contributed by atoms with van der Waals surface area (Å²) in [7, 11) is 0. The molecule has 0 aromatic rings. The fourth-order valence-electron chi connectivity index (χ4n) is 0.928. The van der Waals surface area contributed by atoms with Gasteiger partial charge in [0.1, 0.15) is 11.9 Å². The van der Waals surface area contributed by atoms with E-state index < -0.39 is 17.9 Å². The summed E-state index contributed by atoms with van der Waals surface area (Å²) in [6.45, 7) is 4.75. The third-order valence-corrected chi connectivity index (χ3v) is 1.38. The Morgan fingerprint density at radius 2 is 2.08 bits per heavy atom. The second-order valence-electron chi connectivity index (χ2n) is 3.15. The minimum Gasteiger partial charge on any atom is -0.454 e. The lowest BCUT2D eigenvalue weighted by atomic mass is 10.2. The minimum absolute atomic E-state index is 0.247. The van der Waals surface area contributed by atoms with Crippen LogP contribution in [0.15, 0.2) is 11.8 Å². The van der Waals surface area contributed by atoms with Crippen molar-refractivity contribution in [1.82, 2.24) is 0 Å². The van der Waals surface area contributed by atoms with Gasteiger partial charge in [0.15, 0.2) is 0 Å². The summed E-state index contributed by atoms with van der Waals surface area (Å²) in [4.78, 5) is 10.9.